The standard InChI is InChI=1S/C24H26F2N2O4/c1-13(2)21(12-29)28-11-18(14(3)30)22(31)17-10-15(24(32-4)27-23(17)28)8-9-16-19(25)6-5-7-20(16)26/h5-7,10-11,13,21,29H,8-9,12H2,1-4H3/t21-/m1/s1. The zero-order valence-corrected chi connectivity index (χ0v) is 18.5. The number of ether oxygens (including phenoxy) is 1. The van der Waals surface area contributed by atoms with E-state index in [1.165, 1.54) is 38.4 Å². The number of Topliss-reactive ketones (excluding diaryl/α,β-unsaturated/α-hetero) is 1. The number of aliphatic hydroxyl groups excluding tert-OH is 1. The van der Waals surface area contributed by atoms with E-state index in [0.29, 0.717) is 5.56 Å². The third-order valence-corrected chi connectivity index (χ3v) is 5.64. The molecule has 32 heavy (non-hydrogen) atoms. The Balaban J connectivity index is 2.21. The lowest BCUT2D eigenvalue weighted by Gasteiger charge is -2.24. The Kier molecular flexibility index (Phi) is 7.03. The molecule has 3 aromatic rings. The molecule has 0 unspecified atom stereocenters. The van der Waals surface area contributed by atoms with Crippen molar-refractivity contribution in [2.24, 2.45) is 5.92 Å². The summed E-state index contributed by atoms with van der Waals surface area (Å²) in [6.45, 7) is 4.90. The number of carbonyl (C=O) groups excluding carboxylic acids is 1. The first-order chi connectivity index (χ1) is 15.2. The molecule has 0 aliphatic heterocycles. The Morgan fingerprint density at radius 1 is 1.22 bits per heavy atom. The van der Waals surface area contributed by atoms with Crippen LogP contribution in [0.25, 0.3) is 11.0 Å². The smallest absolute Gasteiger partial charge is 0.218 e. The molecule has 2 heterocycles. The van der Waals surface area contributed by atoms with E-state index in [9.17, 15) is 23.5 Å². The first-order valence-corrected chi connectivity index (χ1v) is 10.4. The van der Waals surface area contributed by atoms with Gasteiger partial charge in [0.2, 0.25) is 11.3 Å². The summed E-state index contributed by atoms with van der Waals surface area (Å²) in [5.74, 6) is -1.51. The minimum Gasteiger partial charge on any atom is -0.481 e. The number of aromatic nitrogens is 2. The second kappa shape index (κ2) is 9.56. The van der Waals surface area contributed by atoms with Gasteiger partial charge in [-0.1, -0.05) is 19.9 Å². The molecular weight excluding hydrogens is 418 g/mol. The second-order valence-electron chi connectivity index (χ2n) is 8.06. The van der Waals surface area contributed by atoms with Gasteiger partial charge in [-0.05, 0) is 43.9 Å². The summed E-state index contributed by atoms with van der Waals surface area (Å²) < 4.78 is 35.1. The Morgan fingerprint density at radius 2 is 1.88 bits per heavy atom. The van der Waals surface area contributed by atoms with Crippen molar-refractivity contribution in [3.05, 3.63) is 69.0 Å². The number of benzene rings is 1. The normalized spacial score (nSPS) is 12.4. The third kappa shape index (κ3) is 4.41. The number of hydrogen-bond acceptors (Lipinski definition) is 5. The summed E-state index contributed by atoms with van der Waals surface area (Å²) in [6.07, 6.45) is 1.63. The van der Waals surface area contributed by atoms with Crippen molar-refractivity contribution in [1.82, 2.24) is 9.55 Å². The van der Waals surface area contributed by atoms with E-state index in [1.54, 1.807) is 10.6 Å². The van der Waals surface area contributed by atoms with Crippen LogP contribution in [0, 0.1) is 17.6 Å². The van der Waals surface area contributed by atoms with Crippen LogP contribution in [0.3, 0.4) is 0 Å². The highest BCUT2D eigenvalue weighted by atomic mass is 19.1. The van der Waals surface area contributed by atoms with Crippen LogP contribution in [0.5, 0.6) is 5.88 Å². The van der Waals surface area contributed by atoms with Gasteiger partial charge >= 0.3 is 0 Å². The molecule has 0 radical (unpaired) electrons. The van der Waals surface area contributed by atoms with Crippen LogP contribution in [0.1, 0.15) is 48.3 Å². The number of carbonyl (C=O) groups is 1. The van der Waals surface area contributed by atoms with E-state index in [-0.39, 0.29) is 53.4 Å². The molecule has 1 aromatic carbocycles. The zero-order chi connectivity index (χ0) is 23.6. The van der Waals surface area contributed by atoms with Crippen LogP contribution in [0.2, 0.25) is 0 Å². The van der Waals surface area contributed by atoms with Crippen molar-refractivity contribution in [3.8, 4) is 5.88 Å². The van der Waals surface area contributed by atoms with Gasteiger partial charge in [-0.25, -0.2) is 8.78 Å². The molecule has 0 saturated carbocycles. The van der Waals surface area contributed by atoms with Crippen molar-refractivity contribution in [2.45, 2.75) is 39.7 Å². The summed E-state index contributed by atoms with van der Waals surface area (Å²) in [6, 6.07) is 4.80. The molecular formula is C24H26F2N2O4. The van der Waals surface area contributed by atoms with Gasteiger partial charge < -0.3 is 14.4 Å². The van der Waals surface area contributed by atoms with Crippen LogP contribution >= 0.6 is 0 Å². The zero-order valence-electron chi connectivity index (χ0n) is 18.5. The lowest BCUT2D eigenvalue weighted by molar-refractivity contribution is 0.101. The van der Waals surface area contributed by atoms with Crippen molar-refractivity contribution in [2.75, 3.05) is 13.7 Å². The molecule has 2 aromatic heterocycles. The van der Waals surface area contributed by atoms with E-state index in [1.807, 2.05) is 13.8 Å². The molecule has 0 aliphatic carbocycles. The summed E-state index contributed by atoms with van der Waals surface area (Å²) in [5.41, 5.74) is 0.180. The maximum atomic E-state index is 14.0. The summed E-state index contributed by atoms with van der Waals surface area (Å²) >= 11 is 0. The number of rotatable bonds is 8. The highest BCUT2D eigenvalue weighted by Gasteiger charge is 2.23. The largest absolute Gasteiger partial charge is 0.481 e. The SMILES string of the molecule is COc1nc2c(cc1CCc1c(F)cccc1F)c(=O)c(C(C)=O)cn2[C@H](CO)C(C)C. The molecule has 0 saturated heterocycles. The summed E-state index contributed by atoms with van der Waals surface area (Å²) in [4.78, 5) is 29.7. The first-order valence-electron chi connectivity index (χ1n) is 10.4. The van der Waals surface area contributed by atoms with Crippen LogP contribution in [-0.4, -0.2) is 34.2 Å². The molecule has 3 rings (SSSR count). The van der Waals surface area contributed by atoms with Crippen LogP contribution < -0.4 is 10.2 Å². The van der Waals surface area contributed by atoms with Gasteiger partial charge in [-0.15, -0.1) is 0 Å². The number of halogens is 2. The van der Waals surface area contributed by atoms with Crippen LogP contribution in [-0.2, 0) is 12.8 Å². The van der Waals surface area contributed by atoms with Crippen LogP contribution in [0.15, 0.2) is 35.3 Å². The van der Waals surface area contributed by atoms with Gasteiger partial charge in [0.1, 0.15) is 17.3 Å². The van der Waals surface area contributed by atoms with Crippen molar-refractivity contribution < 1.29 is 23.4 Å². The van der Waals surface area contributed by atoms with Gasteiger partial charge in [0.25, 0.3) is 0 Å². The Morgan fingerprint density at radius 3 is 2.41 bits per heavy atom. The Bertz CT molecular complexity index is 1200. The molecule has 0 bridgehead atoms. The van der Waals surface area contributed by atoms with E-state index < -0.39 is 28.9 Å². The molecule has 1 N–H and O–H groups in total. The van der Waals surface area contributed by atoms with Crippen molar-refractivity contribution in [3.63, 3.8) is 0 Å². The van der Waals surface area contributed by atoms with Crippen LogP contribution in [0.4, 0.5) is 8.78 Å². The predicted octanol–water partition coefficient (Wildman–Crippen LogP) is 3.86. The fourth-order valence-corrected chi connectivity index (χ4v) is 3.81. The lowest BCUT2D eigenvalue weighted by atomic mass is 10.0. The van der Waals surface area contributed by atoms with Crippen molar-refractivity contribution >= 4 is 16.8 Å². The number of aryl methyl sites for hydroxylation is 1. The third-order valence-electron chi connectivity index (χ3n) is 5.64. The number of ketones is 1. The maximum absolute atomic E-state index is 14.0. The highest BCUT2D eigenvalue weighted by Crippen LogP contribution is 2.27. The molecule has 8 heteroatoms. The number of nitrogens with zero attached hydrogens (tertiary/aromatic N) is 2. The topological polar surface area (TPSA) is 81.4 Å². The number of methoxy groups -OCH3 is 1. The quantitative estimate of drug-likeness (QED) is 0.534. The predicted molar refractivity (Wildman–Crippen MR) is 117 cm³/mol. The second-order valence-corrected chi connectivity index (χ2v) is 8.06. The van der Waals surface area contributed by atoms with E-state index in [0.717, 1.165) is 0 Å². The molecule has 6 nitrogen and oxygen atoms in total. The minimum absolute atomic E-state index is 0.0120. The monoisotopic (exact) mass is 444 g/mol. The van der Waals surface area contributed by atoms with Crippen molar-refractivity contribution in [1.29, 1.82) is 0 Å². The minimum atomic E-state index is -0.651. The molecule has 1 atom stereocenters. The molecule has 0 spiro atoms. The summed E-state index contributed by atoms with van der Waals surface area (Å²) in [5, 5.41) is 10.1. The number of hydrogen-bond donors (Lipinski definition) is 1. The maximum Gasteiger partial charge on any atom is 0.218 e. The highest BCUT2D eigenvalue weighted by molar-refractivity contribution is 5.96. The van der Waals surface area contributed by atoms with Gasteiger partial charge in [-0.2, -0.15) is 4.98 Å². The fourth-order valence-electron chi connectivity index (χ4n) is 3.81. The summed E-state index contributed by atoms with van der Waals surface area (Å²) in [7, 11) is 1.42. The van der Waals surface area contributed by atoms with Gasteiger partial charge in [0.05, 0.1) is 30.7 Å². The molecule has 0 amide bonds. The van der Waals surface area contributed by atoms with E-state index >= 15 is 0 Å². The fraction of sp³-hybridized carbons (Fsp3) is 0.375. The molecule has 0 fully saturated rings. The number of pyridine rings is 2. The Labute approximate surface area is 184 Å². The number of fused-ring (bicyclic) bond motifs is 1. The molecule has 0 aliphatic rings. The first kappa shape index (κ1) is 23.5. The Hall–Kier alpha value is -3.13. The van der Waals surface area contributed by atoms with Gasteiger partial charge in [0.15, 0.2) is 5.78 Å². The lowest BCUT2D eigenvalue weighted by Crippen LogP contribution is -2.25. The van der Waals surface area contributed by atoms with E-state index in [4.69, 9.17) is 4.74 Å². The average molecular weight is 444 g/mol. The average Bonchev–Trinajstić information content (AvgIpc) is 2.74. The molecule has 170 valence electrons. The number of aliphatic hydroxyl groups is 1. The van der Waals surface area contributed by atoms with Gasteiger partial charge in [0, 0.05) is 17.3 Å². The van der Waals surface area contributed by atoms with Gasteiger partial charge in [-0.3, -0.25) is 9.59 Å². The van der Waals surface area contributed by atoms with E-state index in [2.05, 4.69) is 4.98 Å².